The van der Waals surface area contributed by atoms with E-state index in [2.05, 4.69) is 4.57 Å². The minimum Gasteiger partial charge on any atom is -0.314 e. The van der Waals surface area contributed by atoms with E-state index in [4.69, 9.17) is 0 Å². The van der Waals surface area contributed by atoms with Crippen LogP contribution in [0, 0.1) is 13.8 Å². The van der Waals surface area contributed by atoms with E-state index in [-0.39, 0.29) is 11.1 Å². The third-order valence-corrected chi connectivity index (χ3v) is 5.60. The van der Waals surface area contributed by atoms with Crippen LogP contribution in [-0.4, -0.2) is 20.6 Å². The number of para-hydroxylation sites is 1. The van der Waals surface area contributed by atoms with Gasteiger partial charge in [-0.2, -0.15) is 0 Å². The van der Waals surface area contributed by atoms with Crippen molar-refractivity contribution < 1.29 is 9.59 Å². The van der Waals surface area contributed by atoms with Crippen molar-refractivity contribution in [3.05, 3.63) is 94.1 Å². The smallest absolute Gasteiger partial charge is 0.293 e. The zero-order chi connectivity index (χ0) is 19.7. The first-order valence-electron chi connectivity index (χ1n) is 9.07. The van der Waals surface area contributed by atoms with Gasteiger partial charge in [-0.25, -0.2) is 0 Å². The van der Waals surface area contributed by atoms with Crippen LogP contribution in [0.2, 0.25) is 0 Å². The molecule has 28 heavy (non-hydrogen) atoms. The first-order chi connectivity index (χ1) is 13.5. The van der Waals surface area contributed by atoms with Crippen LogP contribution in [0.15, 0.2) is 71.6 Å². The topological polar surface area (TPSA) is 42.3 Å². The van der Waals surface area contributed by atoms with Gasteiger partial charge in [-0.15, -0.1) is 0 Å². The predicted molar refractivity (Wildman–Crippen MR) is 113 cm³/mol. The number of amides is 2. The molecule has 0 bridgehead atoms. The van der Waals surface area contributed by atoms with Gasteiger partial charge in [-0.1, -0.05) is 48.0 Å². The molecule has 140 valence electrons. The lowest BCUT2D eigenvalue weighted by Crippen LogP contribution is -2.27. The highest BCUT2D eigenvalue weighted by Crippen LogP contribution is 2.34. The number of aromatic nitrogens is 1. The van der Waals surface area contributed by atoms with Crippen molar-refractivity contribution in [3.63, 3.8) is 0 Å². The number of hydrogen-bond donors (Lipinski definition) is 0. The van der Waals surface area contributed by atoms with Crippen LogP contribution in [0.4, 0.5) is 4.79 Å². The molecule has 4 nitrogen and oxygen atoms in total. The molecule has 5 heteroatoms. The lowest BCUT2D eigenvalue weighted by Gasteiger charge is -2.13. The molecular formula is C23H20N2O2S. The van der Waals surface area contributed by atoms with Crippen molar-refractivity contribution >= 4 is 29.0 Å². The first-order valence-corrected chi connectivity index (χ1v) is 9.89. The van der Waals surface area contributed by atoms with Gasteiger partial charge in [0.25, 0.3) is 11.1 Å². The zero-order valence-electron chi connectivity index (χ0n) is 15.8. The first kappa shape index (κ1) is 18.3. The van der Waals surface area contributed by atoms with Gasteiger partial charge in [0.15, 0.2) is 0 Å². The quantitative estimate of drug-likeness (QED) is 0.567. The Morgan fingerprint density at radius 1 is 0.929 bits per heavy atom. The van der Waals surface area contributed by atoms with Gasteiger partial charge in [-0.05, 0) is 61.5 Å². The monoisotopic (exact) mass is 388 g/mol. The van der Waals surface area contributed by atoms with Gasteiger partial charge in [-0.3, -0.25) is 14.5 Å². The second-order valence-electron chi connectivity index (χ2n) is 6.83. The molecule has 1 saturated heterocycles. The molecule has 4 rings (SSSR count). The van der Waals surface area contributed by atoms with Gasteiger partial charge >= 0.3 is 0 Å². The average molecular weight is 388 g/mol. The largest absolute Gasteiger partial charge is 0.314 e. The number of nitrogens with zero attached hydrogens (tertiary/aromatic N) is 2. The zero-order valence-corrected chi connectivity index (χ0v) is 16.6. The van der Waals surface area contributed by atoms with Crippen molar-refractivity contribution in [3.8, 4) is 5.69 Å². The average Bonchev–Trinajstić information content (AvgIpc) is 3.17. The third-order valence-electron chi connectivity index (χ3n) is 4.70. The molecule has 0 atom stereocenters. The summed E-state index contributed by atoms with van der Waals surface area (Å²) in [5.74, 6) is -0.241. The Morgan fingerprint density at radius 2 is 1.71 bits per heavy atom. The normalized spacial score (nSPS) is 15.6. The van der Waals surface area contributed by atoms with E-state index >= 15 is 0 Å². The van der Waals surface area contributed by atoms with Crippen LogP contribution in [0.3, 0.4) is 0 Å². The van der Waals surface area contributed by atoms with E-state index in [1.54, 1.807) is 6.08 Å². The maximum absolute atomic E-state index is 12.9. The van der Waals surface area contributed by atoms with Crippen molar-refractivity contribution in [2.75, 3.05) is 0 Å². The maximum Gasteiger partial charge on any atom is 0.293 e. The van der Waals surface area contributed by atoms with Crippen LogP contribution in [0.25, 0.3) is 11.8 Å². The molecule has 2 aromatic carbocycles. The molecule has 1 aliphatic rings. The summed E-state index contributed by atoms with van der Waals surface area (Å²) in [7, 11) is 0. The van der Waals surface area contributed by atoms with E-state index in [1.807, 2.05) is 80.6 Å². The van der Waals surface area contributed by atoms with Crippen LogP contribution < -0.4 is 0 Å². The number of imide groups is 1. The van der Waals surface area contributed by atoms with Gasteiger partial charge in [0, 0.05) is 17.1 Å². The number of carbonyl (C=O) groups excluding carboxylic acids is 2. The highest BCUT2D eigenvalue weighted by Gasteiger charge is 2.35. The van der Waals surface area contributed by atoms with Crippen LogP contribution in [0.1, 0.15) is 22.5 Å². The number of benzene rings is 2. The summed E-state index contributed by atoms with van der Waals surface area (Å²) in [6, 6.07) is 21.8. The van der Waals surface area contributed by atoms with E-state index < -0.39 is 0 Å². The molecular weight excluding hydrogens is 368 g/mol. The highest BCUT2D eigenvalue weighted by molar-refractivity contribution is 8.18. The molecule has 2 heterocycles. The number of hydrogen-bond acceptors (Lipinski definition) is 3. The summed E-state index contributed by atoms with van der Waals surface area (Å²) >= 11 is 0.998. The Morgan fingerprint density at radius 3 is 2.46 bits per heavy atom. The van der Waals surface area contributed by atoms with Gasteiger partial charge < -0.3 is 4.57 Å². The molecule has 0 saturated carbocycles. The van der Waals surface area contributed by atoms with Crippen LogP contribution >= 0.6 is 11.8 Å². The lowest BCUT2D eigenvalue weighted by molar-refractivity contribution is -0.123. The fraction of sp³-hybridized carbons (Fsp3) is 0.130. The predicted octanol–water partition coefficient (Wildman–Crippen LogP) is 5.33. The minimum absolute atomic E-state index is 0.229. The van der Waals surface area contributed by atoms with Crippen molar-refractivity contribution in [1.29, 1.82) is 0 Å². The van der Waals surface area contributed by atoms with Crippen LogP contribution in [-0.2, 0) is 11.3 Å². The van der Waals surface area contributed by atoms with Crippen LogP contribution in [0.5, 0.6) is 0 Å². The standard InChI is InChI=1S/C23H20N2O2S/c1-16-7-6-8-18(13-16)15-24-22(26)21(28-23(24)27)14-20-12-11-17(2)25(20)19-9-4-3-5-10-19/h3-14H,15H2,1-2H3/b21-14-. The van der Waals surface area contributed by atoms with Gasteiger partial charge in [0.05, 0.1) is 11.4 Å². The Labute approximate surface area is 168 Å². The van der Waals surface area contributed by atoms with E-state index in [0.29, 0.717) is 11.4 Å². The van der Waals surface area contributed by atoms with E-state index in [1.165, 1.54) is 4.90 Å². The van der Waals surface area contributed by atoms with Crippen molar-refractivity contribution in [2.24, 2.45) is 0 Å². The Bertz CT molecular complexity index is 1080. The summed E-state index contributed by atoms with van der Waals surface area (Å²) in [4.78, 5) is 27.1. The molecule has 0 spiro atoms. The van der Waals surface area contributed by atoms with Crippen molar-refractivity contribution in [1.82, 2.24) is 9.47 Å². The summed E-state index contributed by atoms with van der Waals surface area (Å²) in [6.07, 6.45) is 1.81. The third kappa shape index (κ3) is 3.53. The summed E-state index contributed by atoms with van der Waals surface area (Å²) in [5, 5.41) is -0.229. The van der Waals surface area contributed by atoms with Gasteiger partial charge in [0.2, 0.25) is 0 Å². The Kier molecular flexibility index (Phi) is 4.92. The van der Waals surface area contributed by atoms with Crippen molar-refractivity contribution in [2.45, 2.75) is 20.4 Å². The molecule has 0 radical (unpaired) electrons. The molecule has 1 aromatic heterocycles. The second kappa shape index (κ2) is 7.52. The number of rotatable bonds is 4. The minimum atomic E-state index is -0.241. The van der Waals surface area contributed by atoms with E-state index in [9.17, 15) is 9.59 Å². The molecule has 0 unspecified atom stereocenters. The molecule has 3 aromatic rings. The molecule has 0 aliphatic carbocycles. The fourth-order valence-electron chi connectivity index (χ4n) is 3.36. The molecule has 1 aliphatic heterocycles. The highest BCUT2D eigenvalue weighted by atomic mass is 32.2. The lowest BCUT2D eigenvalue weighted by atomic mass is 10.1. The molecule has 0 N–H and O–H groups in total. The summed E-state index contributed by atoms with van der Waals surface area (Å²) in [5.41, 5.74) is 5.03. The Balaban J connectivity index is 1.64. The van der Waals surface area contributed by atoms with Gasteiger partial charge in [0.1, 0.15) is 0 Å². The number of aryl methyl sites for hydroxylation is 2. The summed E-state index contributed by atoms with van der Waals surface area (Å²) < 4.78 is 2.08. The maximum atomic E-state index is 12.9. The number of carbonyl (C=O) groups is 2. The SMILES string of the molecule is Cc1cccc(CN2C(=O)S/C(=C\c3ccc(C)n3-c3ccccc3)C2=O)c1. The Hall–Kier alpha value is -3.05. The summed E-state index contributed by atoms with van der Waals surface area (Å²) in [6.45, 7) is 4.31. The second-order valence-corrected chi connectivity index (χ2v) is 7.82. The molecule has 2 amide bonds. The number of thioether (sulfide) groups is 1. The molecule has 1 fully saturated rings. The fourth-order valence-corrected chi connectivity index (χ4v) is 4.19. The van der Waals surface area contributed by atoms with E-state index in [0.717, 1.165) is 40.0 Å².